The van der Waals surface area contributed by atoms with Gasteiger partial charge in [-0.1, -0.05) is 42.8 Å². The molecule has 0 radical (unpaired) electrons. The third kappa shape index (κ3) is 4.48. The second-order valence-electron chi connectivity index (χ2n) is 10.5. The molecule has 2 fully saturated rings. The highest BCUT2D eigenvalue weighted by Crippen LogP contribution is 2.55. The molecule has 2 aliphatic heterocycles. The molecule has 5 nitrogen and oxygen atoms in total. The van der Waals surface area contributed by atoms with Crippen molar-refractivity contribution >= 4 is 5.91 Å². The lowest BCUT2D eigenvalue weighted by atomic mass is 9.82. The minimum Gasteiger partial charge on any atom is -0.508 e. The van der Waals surface area contributed by atoms with Gasteiger partial charge in [-0.2, -0.15) is 0 Å². The SMILES string of the molecule is O=C(c1ccccc1)N1[C@H](c2ccc(OCCN3CCCCC3)cc2)c2ccc(O)cc2CC12CC2. The number of rotatable bonds is 6. The van der Waals surface area contributed by atoms with Crippen LogP contribution in [0.15, 0.2) is 72.8 Å². The summed E-state index contributed by atoms with van der Waals surface area (Å²) in [5, 5.41) is 10.2. The highest BCUT2D eigenvalue weighted by Gasteiger charge is 2.56. The Morgan fingerprint density at radius 1 is 0.944 bits per heavy atom. The van der Waals surface area contributed by atoms with Gasteiger partial charge in [-0.05, 0) is 98.3 Å². The van der Waals surface area contributed by atoms with Gasteiger partial charge in [-0.15, -0.1) is 0 Å². The number of hydrogen-bond acceptors (Lipinski definition) is 4. The number of hydrogen-bond donors (Lipinski definition) is 1. The van der Waals surface area contributed by atoms with Crippen LogP contribution in [0.1, 0.15) is 65.2 Å². The quantitative estimate of drug-likeness (QED) is 0.499. The fourth-order valence-electron chi connectivity index (χ4n) is 6.03. The second kappa shape index (κ2) is 9.62. The first-order chi connectivity index (χ1) is 17.6. The number of benzene rings is 3. The van der Waals surface area contributed by atoms with E-state index in [-0.39, 0.29) is 23.2 Å². The molecule has 1 amide bonds. The van der Waals surface area contributed by atoms with Crippen LogP contribution in [0.4, 0.5) is 0 Å². The number of fused-ring (bicyclic) bond motifs is 1. The number of phenols is 1. The van der Waals surface area contributed by atoms with Crippen molar-refractivity contribution < 1.29 is 14.6 Å². The second-order valence-corrected chi connectivity index (χ2v) is 10.5. The van der Waals surface area contributed by atoms with Gasteiger partial charge >= 0.3 is 0 Å². The number of ether oxygens (including phenoxy) is 1. The van der Waals surface area contributed by atoms with Crippen molar-refractivity contribution in [2.75, 3.05) is 26.2 Å². The van der Waals surface area contributed by atoms with E-state index in [2.05, 4.69) is 21.9 Å². The lowest BCUT2D eigenvalue weighted by Crippen LogP contribution is -2.49. The first kappa shape index (κ1) is 23.1. The van der Waals surface area contributed by atoms with Crippen LogP contribution in [0, 0.1) is 0 Å². The van der Waals surface area contributed by atoms with Crippen LogP contribution in [0.5, 0.6) is 11.5 Å². The maximum absolute atomic E-state index is 13.9. The van der Waals surface area contributed by atoms with Crippen LogP contribution in [0.2, 0.25) is 0 Å². The van der Waals surface area contributed by atoms with Crippen LogP contribution in [-0.2, 0) is 6.42 Å². The molecular weight excluding hydrogens is 448 g/mol. The predicted molar refractivity (Wildman–Crippen MR) is 140 cm³/mol. The predicted octanol–water partition coefficient (Wildman–Crippen LogP) is 5.58. The summed E-state index contributed by atoms with van der Waals surface area (Å²) in [6, 6.07) is 23.3. The van der Waals surface area contributed by atoms with E-state index < -0.39 is 0 Å². The van der Waals surface area contributed by atoms with Crippen molar-refractivity contribution in [3.63, 3.8) is 0 Å². The molecule has 6 rings (SSSR count). The molecule has 1 atom stereocenters. The molecule has 3 aromatic rings. The number of piperidine rings is 1. The monoisotopic (exact) mass is 482 g/mol. The number of amides is 1. The number of carbonyl (C=O) groups excluding carboxylic acids is 1. The van der Waals surface area contributed by atoms with E-state index in [4.69, 9.17) is 4.74 Å². The molecule has 1 saturated carbocycles. The number of carbonyl (C=O) groups is 1. The van der Waals surface area contributed by atoms with Crippen molar-refractivity contribution in [1.29, 1.82) is 0 Å². The molecule has 1 spiro atoms. The topological polar surface area (TPSA) is 53.0 Å². The largest absolute Gasteiger partial charge is 0.508 e. The van der Waals surface area contributed by atoms with E-state index in [0.717, 1.165) is 48.2 Å². The number of phenolic OH excluding ortho intramolecular Hbond substituents is 1. The molecule has 186 valence electrons. The minimum absolute atomic E-state index is 0.0682. The molecule has 3 aromatic carbocycles. The average Bonchev–Trinajstić information content (AvgIpc) is 3.68. The zero-order chi connectivity index (χ0) is 24.5. The zero-order valence-corrected chi connectivity index (χ0v) is 20.7. The highest BCUT2D eigenvalue weighted by molar-refractivity contribution is 5.96. The third-order valence-corrected chi connectivity index (χ3v) is 8.10. The molecule has 1 saturated heterocycles. The Morgan fingerprint density at radius 2 is 1.69 bits per heavy atom. The Hall–Kier alpha value is -3.31. The van der Waals surface area contributed by atoms with Crippen LogP contribution in [0.3, 0.4) is 0 Å². The van der Waals surface area contributed by atoms with Crippen molar-refractivity contribution in [3.8, 4) is 11.5 Å². The van der Waals surface area contributed by atoms with Gasteiger partial charge in [0.15, 0.2) is 0 Å². The Morgan fingerprint density at radius 3 is 2.42 bits per heavy atom. The van der Waals surface area contributed by atoms with Crippen molar-refractivity contribution in [3.05, 3.63) is 95.1 Å². The molecule has 0 unspecified atom stereocenters. The van der Waals surface area contributed by atoms with Crippen molar-refractivity contribution in [1.82, 2.24) is 9.80 Å². The summed E-state index contributed by atoms with van der Waals surface area (Å²) in [7, 11) is 0. The fourth-order valence-corrected chi connectivity index (χ4v) is 6.03. The third-order valence-electron chi connectivity index (χ3n) is 8.10. The fraction of sp³-hybridized carbons (Fsp3) is 0.387. The maximum atomic E-state index is 13.9. The Labute approximate surface area is 213 Å². The van der Waals surface area contributed by atoms with Gasteiger partial charge in [0, 0.05) is 17.6 Å². The van der Waals surface area contributed by atoms with Crippen LogP contribution >= 0.6 is 0 Å². The number of likely N-dealkylation sites (tertiary alicyclic amines) is 1. The summed E-state index contributed by atoms with van der Waals surface area (Å²) in [6.07, 6.45) is 6.66. The van der Waals surface area contributed by atoms with E-state index in [9.17, 15) is 9.90 Å². The van der Waals surface area contributed by atoms with Gasteiger partial charge in [-0.3, -0.25) is 9.69 Å². The normalized spacial score (nSPS) is 20.7. The Bertz CT molecular complexity index is 1210. The van der Waals surface area contributed by atoms with E-state index >= 15 is 0 Å². The molecule has 3 aliphatic rings. The summed E-state index contributed by atoms with van der Waals surface area (Å²) in [6.45, 7) is 3.99. The van der Waals surface area contributed by atoms with E-state index in [1.54, 1.807) is 6.07 Å². The minimum atomic E-state index is -0.202. The van der Waals surface area contributed by atoms with Crippen LogP contribution in [0.25, 0.3) is 0 Å². The first-order valence-electron chi connectivity index (χ1n) is 13.3. The van der Waals surface area contributed by atoms with Gasteiger partial charge in [0.1, 0.15) is 18.1 Å². The summed E-state index contributed by atoms with van der Waals surface area (Å²) in [4.78, 5) is 18.5. The van der Waals surface area contributed by atoms with Crippen LogP contribution in [-0.4, -0.2) is 52.6 Å². The lowest BCUT2D eigenvalue weighted by molar-refractivity contribution is 0.0541. The maximum Gasteiger partial charge on any atom is 0.255 e. The molecule has 5 heteroatoms. The summed E-state index contributed by atoms with van der Waals surface area (Å²) >= 11 is 0. The van der Waals surface area contributed by atoms with E-state index in [1.807, 2.05) is 54.6 Å². The van der Waals surface area contributed by atoms with Crippen molar-refractivity contribution in [2.45, 2.75) is 50.1 Å². The summed E-state index contributed by atoms with van der Waals surface area (Å²) in [5.74, 6) is 1.21. The average molecular weight is 483 g/mol. The number of nitrogens with zero attached hydrogens (tertiary/aromatic N) is 2. The molecule has 0 bridgehead atoms. The Kier molecular flexibility index (Phi) is 6.18. The van der Waals surface area contributed by atoms with Gasteiger partial charge in [0.25, 0.3) is 5.91 Å². The molecule has 1 aliphatic carbocycles. The van der Waals surface area contributed by atoms with E-state index in [1.165, 1.54) is 32.4 Å². The molecule has 1 N–H and O–H groups in total. The highest BCUT2D eigenvalue weighted by atomic mass is 16.5. The van der Waals surface area contributed by atoms with E-state index in [0.29, 0.717) is 12.2 Å². The van der Waals surface area contributed by atoms with Gasteiger partial charge in [-0.25, -0.2) is 0 Å². The smallest absolute Gasteiger partial charge is 0.255 e. The first-order valence-corrected chi connectivity index (χ1v) is 13.3. The lowest BCUT2D eigenvalue weighted by Gasteiger charge is -2.44. The molecule has 0 aromatic heterocycles. The number of aromatic hydroxyl groups is 1. The Balaban J connectivity index is 1.29. The van der Waals surface area contributed by atoms with Crippen LogP contribution < -0.4 is 4.74 Å². The van der Waals surface area contributed by atoms with Gasteiger partial charge in [0.2, 0.25) is 0 Å². The van der Waals surface area contributed by atoms with Gasteiger partial charge < -0.3 is 14.7 Å². The summed E-state index contributed by atoms with van der Waals surface area (Å²) in [5.41, 5.74) is 3.82. The standard InChI is InChI=1S/C31H34N2O3/c34-26-11-14-28-25(21-26)22-31(15-16-31)33(30(35)24-7-3-1-4-8-24)29(28)23-9-12-27(13-10-23)36-20-19-32-17-5-2-6-18-32/h1,3-4,7-14,21,29,34H,2,5-6,15-20,22H2/t29-/m1/s1. The zero-order valence-electron chi connectivity index (χ0n) is 20.7. The van der Waals surface area contributed by atoms with Gasteiger partial charge in [0.05, 0.1) is 6.04 Å². The molecular formula is C31H34N2O3. The molecule has 36 heavy (non-hydrogen) atoms. The summed E-state index contributed by atoms with van der Waals surface area (Å²) < 4.78 is 6.08. The van der Waals surface area contributed by atoms with Crippen molar-refractivity contribution in [2.24, 2.45) is 0 Å². The molecule has 2 heterocycles.